The summed E-state index contributed by atoms with van der Waals surface area (Å²) >= 11 is 0. The first kappa shape index (κ1) is 18.4. The van der Waals surface area contributed by atoms with Crippen molar-refractivity contribution in [1.29, 1.82) is 0 Å². The molecule has 3 aromatic carbocycles. The molecule has 0 unspecified atom stereocenters. The minimum absolute atomic E-state index is 0.0397. The van der Waals surface area contributed by atoms with E-state index in [1.165, 1.54) is 16.7 Å². The Morgan fingerprint density at radius 1 is 0.769 bits per heavy atom. The zero-order valence-electron chi connectivity index (χ0n) is 15.3. The van der Waals surface area contributed by atoms with E-state index < -0.39 is 6.10 Å². The lowest BCUT2D eigenvalue weighted by Gasteiger charge is -2.20. The zero-order valence-corrected chi connectivity index (χ0v) is 15.3. The van der Waals surface area contributed by atoms with Gasteiger partial charge in [0.15, 0.2) is 0 Å². The molecule has 0 saturated heterocycles. The van der Waals surface area contributed by atoms with Crippen molar-refractivity contribution >= 4 is 0 Å². The zero-order chi connectivity index (χ0) is 18.2. The maximum absolute atomic E-state index is 10.4. The van der Waals surface area contributed by atoms with Crippen LogP contribution in [0.1, 0.15) is 30.6 Å². The summed E-state index contributed by atoms with van der Waals surface area (Å²) in [6, 6.07) is 29.1. The molecule has 2 heteroatoms. The Kier molecular flexibility index (Phi) is 6.59. The van der Waals surface area contributed by atoms with Gasteiger partial charge in [-0.05, 0) is 48.6 Å². The normalized spacial score (nSPS) is 13.3. The lowest BCUT2D eigenvalue weighted by atomic mass is 10.0. The third-order valence-corrected chi connectivity index (χ3v) is 4.78. The standard InChI is InChI=1S/C24H27NO/c1-19(24(26)23-12-6-3-7-13-23)25-18-8-9-20-14-16-22(17-15-20)21-10-4-2-5-11-21/h2-7,10-17,19,24-26H,8-9,18H2,1H3/t19-,24-/m0/s1. The smallest absolute Gasteiger partial charge is 0.0940 e. The minimum Gasteiger partial charge on any atom is -0.387 e. The number of benzene rings is 3. The molecule has 0 aromatic heterocycles. The molecule has 0 spiro atoms. The number of nitrogens with one attached hydrogen (secondary N) is 1. The third kappa shape index (κ3) is 5.04. The van der Waals surface area contributed by atoms with Crippen molar-refractivity contribution < 1.29 is 5.11 Å². The maximum atomic E-state index is 10.4. The highest BCUT2D eigenvalue weighted by Crippen LogP contribution is 2.20. The van der Waals surface area contributed by atoms with E-state index in [1.54, 1.807) is 0 Å². The molecule has 0 fully saturated rings. The van der Waals surface area contributed by atoms with Crippen LogP contribution in [0.2, 0.25) is 0 Å². The Hall–Kier alpha value is -2.42. The Bertz CT molecular complexity index is 768. The van der Waals surface area contributed by atoms with Crippen LogP contribution in [-0.2, 0) is 6.42 Å². The highest BCUT2D eigenvalue weighted by Gasteiger charge is 2.14. The second-order valence-electron chi connectivity index (χ2n) is 6.76. The number of hydrogen-bond donors (Lipinski definition) is 2. The molecule has 2 atom stereocenters. The molecule has 3 aromatic rings. The van der Waals surface area contributed by atoms with Gasteiger partial charge in [-0.25, -0.2) is 0 Å². The van der Waals surface area contributed by atoms with E-state index in [-0.39, 0.29) is 6.04 Å². The van der Waals surface area contributed by atoms with Gasteiger partial charge in [0, 0.05) is 6.04 Å². The topological polar surface area (TPSA) is 32.3 Å². The van der Waals surface area contributed by atoms with Crippen LogP contribution in [0.25, 0.3) is 11.1 Å². The van der Waals surface area contributed by atoms with Gasteiger partial charge in [0.25, 0.3) is 0 Å². The molecule has 134 valence electrons. The Morgan fingerprint density at radius 2 is 1.35 bits per heavy atom. The quantitative estimate of drug-likeness (QED) is 0.563. The molecule has 0 aliphatic carbocycles. The summed E-state index contributed by atoms with van der Waals surface area (Å²) in [5.74, 6) is 0. The molecule has 0 heterocycles. The molecular formula is C24H27NO. The number of aliphatic hydroxyl groups excluding tert-OH is 1. The summed E-state index contributed by atoms with van der Waals surface area (Å²) in [5.41, 5.74) is 4.82. The van der Waals surface area contributed by atoms with Crippen LogP contribution in [0.15, 0.2) is 84.9 Å². The molecule has 2 N–H and O–H groups in total. The average Bonchev–Trinajstić information content (AvgIpc) is 2.72. The molecule has 0 radical (unpaired) electrons. The van der Waals surface area contributed by atoms with Crippen molar-refractivity contribution in [3.8, 4) is 11.1 Å². The van der Waals surface area contributed by atoms with Crippen molar-refractivity contribution in [1.82, 2.24) is 5.32 Å². The van der Waals surface area contributed by atoms with Gasteiger partial charge in [0.1, 0.15) is 0 Å². The van der Waals surface area contributed by atoms with Crippen LogP contribution in [0.4, 0.5) is 0 Å². The SMILES string of the molecule is C[C@H](NCCCc1ccc(-c2ccccc2)cc1)[C@H](O)c1ccccc1. The van der Waals surface area contributed by atoms with Gasteiger partial charge >= 0.3 is 0 Å². The highest BCUT2D eigenvalue weighted by atomic mass is 16.3. The first-order chi connectivity index (χ1) is 12.7. The van der Waals surface area contributed by atoms with Crippen LogP contribution in [0.5, 0.6) is 0 Å². The first-order valence-electron chi connectivity index (χ1n) is 9.35. The van der Waals surface area contributed by atoms with Gasteiger partial charge < -0.3 is 10.4 Å². The lowest BCUT2D eigenvalue weighted by molar-refractivity contribution is 0.136. The fourth-order valence-electron chi connectivity index (χ4n) is 3.17. The summed E-state index contributed by atoms with van der Waals surface area (Å²) < 4.78 is 0. The molecule has 2 nitrogen and oxygen atoms in total. The van der Waals surface area contributed by atoms with Gasteiger partial charge in [-0.15, -0.1) is 0 Å². The maximum Gasteiger partial charge on any atom is 0.0940 e. The number of aliphatic hydroxyl groups is 1. The molecule has 3 rings (SSSR count). The van der Waals surface area contributed by atoms with Crippen molar-refractivity contribution in [2.24, 2.45) is 0 Å². The predicted octanol–water partition coefficient (Wildman–Crippen LogP) is 5.00. The lowest BCUT2D eigenvalue weighted by Crippen LogP contribution is -2.33. The van der Waals surface area contributed by atoms with E-state index in [1.807, 2.05) is 43.3 Å². The summed E-state index contributed by atoms with van der Waals surface area (Å²) in [7, 11) is 0. The number of hydrogen-bond acceptors (Lipinski definition) is 2. The average molecular weight is 345 g/mol. The molecule has 0 aliphatic heterocycles. The van der Waals surface area contributed by atoms with Crippen LogP contribution in [0, 0.1) is 0 Å². The van der Waals surface area contributed by atoms with Gasteiger partial charge in [0.05, 0.1) is 6.10 Å². The minimum atomic E-state index is -0.471. The summed E-state index contributed by atoms with van der Waals surface area (Å²) in [5, 5.41) is 13.8. The van der Waals surface area contributed by atoms with Crippen LogP contribution in [0.3, 0.4) is 0 Å². The van der Waals surface area contributed by atoms with Crippen LogP contribution in [-0.4, -0.2) is 17.7 Å². The summed E-state index contributed by atoms with van der Waals surface area (Å²) in [6.45, 7) is 2.93. The third-order valence-electron chi connectivity index (χ3n) is 4.78. The van der Waals surface area contributed by atoms with Gasteiger partial charge in [-0.1, -0.05) is 84.9 Å². The molecule has 0 amide bonds. The second-order valence-corrected chi connectivity index (χ2v) is 6.76. The monoisotopic (exact) mass is 345 g/mol. The molecule has 0 aliphatic rings. The Morgan fingerprint density at radius 3 is 2.00 bits per heavy atom. The molecule has 26 heavy (non-hydrogen) atoms. The number of aryl methyl sites for hydroxylation is 1. The largest absolute Gasteiger partial charge is 0.387 e. The summed E-state index contributed by atoms with van der Waals surface area (Å²) in [4.78, 5) is 0. The summed E-state index contributed by atoms with van der Waals surface area (Å²) in [6.07, 6.45) is 1.62. The van der Waals surface area contributed by atoms with E-state index in [2.05, 4.69) is 53.8 Å². The van der Waals surface area contributed by atoms with E-state index in [4.69, 9.17) is 0 Å². The molecular weight excluding hydrogens is 318 g/mol. The fourth-order valence-corrected chi connectivity index (χ4v) is 3.17. The van der Waals surface area contributed by atoms with E-state index in [9.17, 15) is 5.11 Å². The second kappa shape index (κ2) is 9.33. The van der Waals surface area contributed by atoms with Crippen LogP contribution >= 0.6 is 0 Å². The van der Waals surface area contributed by atoms with Gasteiger partial charge in [-0.3, -0.25) is 0 Å². The van der Waals surface area contributed by atoms with Crippen molar-refractivity contribution in [3.63, 3.8) is 0 Å². The van der Waals surface area contributed by atoms with E-state index in [0.717, 1.165) is 24.9 Å². The predicted molar refractivity (Wildman–Crippen MR) is 109 cm³/mol. The highest BCUT2D eigenvalue weighted by molar-refractivity contribution is 5.63. The van der Waals surface area contributed by atoms with E-state index in [0.29, 0.717) is 0 Å². The van der Waals surface area contributed by atoms with Gasteiger partial charge in [0.2, 0.25) is 0 Å². The number of rotatable bonds is 8. The van der Waals surface area contributed by atoms with Crippen molar-refractivity contribution in [2.75, 3.05) is 6.54 Å². The Balaban J connectivity index is 1.43. The molecule has 0 saturated carbocycles. The van der Waals surface area contributed by atoms with E-state index >= 15 is 0 Å². The van der Waals surface area contributed by atoms with Crippen molar-refractivity contribution in [3.05, 3.63) is 96.1 Å². The fraction of sp³-hybridized carbons (Fsp3) is 0.250. The van der Waals surface area contributed by atoms with Crippen LogP contribution < -0.4 is 5.32 Å². The van der Waals surface area contributed by atoms with Gasteiger partial charge in [-0.2, -0.15) is 0 Å². The first-order valence-corrected chi connectivity index (χ1v) is 9.35. The Labute approximate surface area is 156 Å². The van der Waals surface area contributed by atoms with Crippen molar-refractivity contribution in [2.45, 2.75) is 31.9 Å². The molecule has 0 bridgehead atoms.